The number of hydrogen-bond acceptors (Lipinski definition) is 4. The standard InChI is InChI=1S/C16H13ClN2O2/c1-20-10-7-8-12(14(9-10)21-2)15-11-5-3-4-6-13(11)18-16(17)19-15/h3-9H,1-2H3. The number of fused-ring (bicyclic) bond motifs is 1. The molecule has 5 heteroatoms. The third kappa shape index (κ3) is 2.50. The smallest absolute Gasteiger partial charge is 0.223 e. The highest BCUT2D eigenvalue weighted by molar-refractivity contribution is 6.28. The van der Waals surface area contributed by atoms with Gasteiger partial charge in [0, 0.05) is 17.0 Å². The molecule has 0 aliphatic heterocycles. The molecule has 0 atom stereocenters. The predicted octanol–water partition coefficient (Wildman–Crippen LogP) is 3.97. The van der Waals surface area contributed by atoms with Crippen molar-refractivity contribution in [2.24, 2.45) is 0 Å². The number of ether oxygens (including phenoxy) is 2. The minimum Gasteiger partial charge on any atom is -0.497 e. The first kappa shape index (κ1) is 13.6. The Bertz CT molecular complexity index is 805. The van der Waals surface area contributed by atoms with Gasteiger partial charge in [-0.15, -0.1) is 0 Å². The van der Waals surface area contributed by atoms with Crippen molar-refractivity contribution < 1.29 is 9.47 Å². The van der Waals surface area contributed by atoms with E-state index in [1.807, 2.05) is 42.5 Å². The Balaban J connectivity index is 2.29. The molecule has 0 unspecified atom stereocenters. The van der Waals surface area contributed by atoms with Gasteiger partial charge >= 0.3 is 0 Å². The lowest BCUT2D eigenvalue weighted by Crippen LogP contribution is -1.95. The fourth-order valence-electron chi connectivity index (χ4n) is 2.25. The molecule has 21 heavy (non-hydrogen) atoms. The van der Waals surface area contributed by atoms with Crippen molar-refractivity contribution >= 4 is 22.5 Å². The molecule has 1 aromatic heterocycles. The Morgan fingerprint density at radius 2 is 1.76 bits per heavy atom. The molecule has 0 aliphatic rings. The molecule has 0 amide bonds. The summed E-state index contributed by atoms with van der Waals surface area (Å²) in [5.74, 6) is 1.40. The number of benzene rings is 2. The number of methoxy groups -OCH3 is 2. The van der Waals surface area contributed by atoms with E-state index in [4.69, 9.17) is 21.1 Å². The average Bonchev–Trinajstić information content (AvgIpc) is 2.53. The van der Waals surface area contributed by atoms with Gasteiger partial charge in [0.2, 0.25) is 5.28 Å². The summed E-state index contributed by atoms with van der Waals surface area (Å²) in [6.45, 7) is 0. The zero-order valence-electron chi connectivity index (χ0n) is 11.6. The van der Waals surface area contributed by atoms with E-state index in [2.05, 4.69) is 9.97 Å². The molecule has 106 valence electrons. The molecule has 3 aromatic rings. The van der Waals surface area contributed by atoms with E-state index in [9.17, 15) is 0 Å². The van der Waals surface area contributed by atoms with Gasteiger partial charge in [-0.3, -0.25) is 0 Å². The van der Waals surface area contributed by atoms with Gasteiger partial charge in [0.1, 0.15) is 11.5 Å². The van der Waals surface area contributed by atoms with Crippen molar-refractivity contribution in [3.05, 3.63) is 47.7 Å². The van der Waals surface area contributed by atoms with Gasteiger partial charge in [0.05, 0.1) is 25.4 Å². The highest BCUT2D eigenvalue weighted by atomic mass is 35.5. The molecule has 4 nitrogen and oxygen atoms in total. The number of hydrogen-bond donors (Lipinski definition) is 0. The minimum atomic E-state index is 0.210. The van der Waals surface area contributed by atoms with Crippen LogP contribution in [0.4, 0.5) is 0 Å². The summed E-state index contributed by atoms with van der Waals surface area (Å²) in [4.78, 5) is 8.61. The summed E-state index contributed by atoms with van der Waals surface area (Å²) in [5, 5.41) is 1.13. The van der Waals surface area contributed by atoms with E-state index in [-0.39, 0.29) is 5.28 Å². The van der Waals surface area contributed by atoms with Crippen molar-refractivity contribution in [1.82, 2.24) is 9.97 Å². The summed E-state index contributed by atoms with van der Waals surface area (Å²) >= 11 is 6.04. The Hall–Kier alpha value is -2.33. The number of halogens is 1. The van der Waals surface area contributed by atoms with Crippen LogP contribution in [-0.4, -0.2) is 24.2 Å². The summed E-state index contributed by atoms with van der Waals surface area (Å²) < 4.78 is 10.7. The van der Waals surface area contributed by atoms with Crippen molar-refractivity contribution in [1.29, 1.82) is 0 Å². The second-order valence-electron chi connectivity index (χ2n) is 4.42. The predicted molar refractivity (Wildman–Crippen MR) is 83.1 cm³/mol. The Kier molecular flexibility index (Phi) is 3.62. The molecule has 0 saturated heterocycles. The first-order chi connectivity index (χ1) is 10.2. The number of rotatable bonds is 3. The van der Waals surface area contributed by atoms with Crippen molar-refractivity contribution in [2.75, 3.05) is 14.2 Å². The molecule has 2 aromatic carbocycles. The lowest BCUT2D eigenvalue weighted by Gasteiger charge is -2.12. The molecular weight excluding hydrogens is 288 g/mol. The van der Waals surface area contributed by atoms with Crippen LogP contribution in [0.25, 0.3) is 22.2 Å². The highest BCUT2D eigenvalue weighted by Gasteiger charge is 2.13. The first-order valence-corrected chi connectivity index (χ1v) is 6.75. The summed E-state index contributed by atoms with van der Waals surface area (Å²) in [6, 6.07) is 13.3. The lowest BCUT2D eigenvalue weighted by molar-refractivity contribution is 0.395. The Labute approximate surface area is 127 Å². The second-order valence-corrected chi connectivity index (χ2v) is 4.76. The molecule has 0 fully saturated rings. The second kappa shape index (κ2) is 5.58. The molecule has 0 aliphatic carbocycles. The van der Waals surface area contributed by atoms with Crippen LogP contribution in [0.2, 0.25) is 5.28 Å². The van der Waals surface area contributed by atoms with Crippen molar-refractivity contribution in [3.8, 4) is 22.8 Å². The van der Waals surface area contributed by atoms with Crippen LogP contribution < -0.4 is 9.47 Å². The van der Waals surface area contributed by atoms with Crippen molar-refractivity contribution in [2.45, 2.75) is 0 Å². The SMILES string of the molecule is COc1ccc(-c2nc(Cl)nc3ccccc23)c(OC)c1. The summed E-state index contributed by atoms with van der Waals surface area (Å²) in [5.41, 5.74) is 2.38. The minimum absolute atomic E-state index is 0.210. The van der Waals surface area contributed by atoms with Gasteiger partial charge in [0.15, 0.2) is 0 Å². The van der Waals surface area contributed by atoms with Crippen LogP contribution in [0.3, 0.4) is 0 Å². The molecular formula is C16H13ClN2O2. The lowest BCUT2D eigenvalue weighted by atomic mass is 10.1. The summed E-state index contributed by atoms with van der Waals surface area (Å²) in [7, 11) is 3.23. The maximum atomic E-state index is 6.04. The van der Waals surface area contributed by atoms with Crippen molar-refractivity contribution in [3.63, 3.8) is 0 Å². The normalized spacial score (nSPS) is 10.6. The third-order valence-corrected chi connectivity index (χ3v) is 3.41. The first-order valence-electron chi connectivity index (χ1n) is 6.37. The number of aromatic nitrogens is 2. The average molecular weight is 301 g/mol. The van der Waals surface area contributed by atoms with E-state index < -0.39 is 0 Å². The van der Waals surface area contributed by atoms with E-state index in [0.717, 1.165) is 27.9 Å². The fourth-order valence-corrected chi connectivity index (χ4v) is 2.42. The Morgan fingerprint density at radius 1 is 0.952 bits per heavy atom. The summed E-state index contributed by atoms with van der Waals surface area (Å²) in [6.07, 6.45) is 0. The van der Waals surface area contributed by atoms with E-state index in [1.165, 1.54) is 0 Å². The van der Waals surface area contributed by atoms with Crippen LogP contribution in [0.1, 0.15) is 0 Å². The molecule has 0 spiro atoms. The number of nitrogens with zero attached hydrogens (tertiary/aromatic N) is 2. The van der Waals surface area contributed by atoms with E-state index in [1.54, 1.807) is 14.2 Å². The molecule has 0 N–H and O–H groups in total. The maximum Gasteiger partial charge on any atom is 0.223 e. The van der Waals surface area contributed by atoms with Gasteiger partial charge in [-0.2, -0.15) is 0 Å². The molecule has 1 heterocycles. The fraction of sp³-hybridized carbons (Fsp3) is 0.125. The topological polar surface area (TPSA) is 44.2 Å². The third-order valence-electron chi connectivity index (χ3n) is 3.24. The van der Waals surface area contributed by atoms with Crippen LogP contribution in [0.5, 0.6) is 11.5 Å². The van der Waals surface area contributed by atoms with Crippen LogP contribution >= 0.6 is 11.6 Å². The zero-order valence-corrected chi connectivity index (χ0v) is 12.4. The quantitative estimate of drug-likeness (QED) is 0.687. The van der Waals surface area contributed by atoms with E-state index in [0.29, 0.717) is 5.75 Å². The molecule has 0 radical (unpaired) electrons. The number of para-hydroxylation sites is 1. The molecule has 0 saturated carbocycles. The van der Waals surface area contributed by atoms with Gasteiger partial charge in [0.25, 0.3) is 0 Å². The van der Waals surface area contributed by atoms with Gasteiger partial charge in [-0.05, 0) is 29.8 Å². The molecule has 3 rings (SSSR count). The van der Waals surface area contributed by atoms with Crippen LogP contribution in [0.15, 0.2) is 42.5 Å². The van der Waals surface area contributed by atoms with E-state index >= 15 is 0 Å². The van der Waals surface area contributed by atoms with Crippen LogP contribution in [-0.2, 0) is 0 Å². The van der Waals surface area contributed by atoms with Gasteiger partial charge in [-0.25, -0.2) is 9.97 Å². The highest BCUT2D eigenvalue weighted by Crippen LogP contribution is 2.36. The zero-order chi connectivity index (χ0) is 14.8. The van der Waals surface area contributed by atoms with Gasteiger partial charge in [-0.1, -0.05) is 18.2 Å². The monoisotopic (exact) mass is 300 g/mol. The Morgan fingerprint density at radius 3 is 2.52 bits per heavy atom. The van der Waals surface area contributed by atoms with Crippen LogP contribution in [0, 0.1) is 0 Å². The maximum absolute atomic E-state index is 6.04. The molecule has 0 bridgehead atoms. The largest absolute Gasteiger partial charge is 0.497 e. The van der Waals surface area contributed by atoms with Gasteiger partial charge < -0.3 is 9.47 Å².